The van der Waals surface area contributed by atoms with Crippen molar-refractivity contribution in [3.8, 4) is 0 Å². The van der Waals surface area contributed by atoms with Gasteiger partial charge in [0, 0.05) is 6.61 Å². The number of unbranched alkanes of at least 4 members (excludes halogenated alkanes) is 1. The fourth-order valence-corrected chi connectivity index (χ4v) is 0.829. The Morgan fingerprint density at radius 1 is 1.08 bits per heavy atom. The fourth-order valence-electron chi connectivity index (χ4n) is 0.606. The number of hydrogen-bond acceptors (Lipinski definition) is 2. The topological polar surface area (TPSA) is 9.23 Å². The van der Waals surface area contributed by atoms with Gasteiger partial charge in [-0.3, -0.25) is 0 Å². The molecule has 0 atom stereocenters. The van der Waals surface area contributed by atoms with Crippen molar-refractivity contribution in [2.45, 2.75) is 25.4 Å². The van der Waals surface area contributed by atoms with E-state index in [4.69, 9.17) is 4.74 Å². The second-order valence-electron chi connectivity index (χ2n) is 2.41. The lowest BCUT2D eigenvalue weighted by Gasteiger charge is -2.06. The zero-order valence-corrected chi connectivity index (χ0v) is 7.63. The molecule has 0 saturated carbocycles. The molecule has 0 unspecified atom stereocenters. The highest BCUT2D eigenvalue weighted by molar-refractivity contribution is 7.80. The van der Waals surface area contributed by atoms with Gasteiger partial charge in [-0.1, -0.05) is 0 Å². The molecule has 0 rings (SSSR count). The first-order chi connectivity index (χ1) is 5.56. The lowest BCUT2D eigenvalue weighted by atomic mass is 10.3. The second-order valence-corrected chi connectivity index (χ2v) is 2.86. The molecule has 0 amide bonds. The SMILES string of the molecule is FC(F)(F)CCOCCCCS. The van der Waals surface area contributed by atoms with E-state index in [9.17, 15) is 13.2 Å². The summed E-state index contributed by atoms with van der Waals surface area (Å²) >= 11 is 3.96. The van der Waals surface area contributed by atoms with Crippen molar-refractivity contribution < 1.29 is 17.9 Å². The van der Waals surface area contributed by atoms with Gasteiger partial charge in [0.25, 0.3) is 0 Å². The van der Waals surface area contributed by atoms with Crippen LogP contribution >= 0.6 is 12.6 Å². The Balaban J connectivity index is 3.01. The van der Waals surface area contributed by atoms with Gasteiger partial charge in [0.15, 0.2) is 0 Å². The summed E-state index contributed by atoms with van der Waals surface area (Å²) in [7, 11) is 0. The van der Waals surface area contributed by atoms with Crippen molar-refractivity contribution >= 4 is 12.6 Å². The predicted octanol–water partition coefficient (Wildman–Crippen LogP) is 2.67. The van der Waals surface area contributed by atoms with Crippen molar-refractivity contribution in [1.82, 2.24) is 0 Å². The van der Waals surface area contributed by atoms with Gasteiger partial charge in [0.05, 0.1) is 13.0 Å². The minimum atomic E-state index is -4.09. The highest BCUT2D eigenvalue weighted by Gasteiger charge is 2.26. The van der Waals surface area contributed by atoms with Gasteiger partial charge in [0.1, 0.15) is 0 Å². The Morgan fingerprint density at radius 3 is 2.25 bits per heavy atom. The van der Waals surface area contributed by atoms with E-state index in [1.165, 1.54) is 0 Å². The summed E-state index contributed by atoms with van der Waals surface area (Å²) in [6.45, 7) is 0.173. The molecule has 0 aliphatic carbocycles. The molecule has 0 aromatic carbocycles. The summed E-state index contributed by atoms with van der Waals surface area (Å²) < 4.78 is 39.4. The molecule has 0 aromatic rings. The van der Waals surface area contributed by atoms with E-state index in [1.807, 2.05) is 0 Å². The lowest BCUT2D eigenvalue weighted by molar-refractivity contribution is -0.145. The average molecular weight is 202 g/mol. The smallest absolute Gasteiger partial charge is 0.381 e. The third-order valence-corrected chi connectivity index (χ3v) is 1.54. The molecule has 74 valence electrons. The van der Waals surface area contributed by atoms with E-state index in [0.29, 0.717) is 6.61 Å². The van der Waals surface area contributed by atoms with Crippen LogP contribution in [0.3, 0.4) is 0 Å². The Kier molecular flexibility index (Phi) is 6.65. The van der Waals surface area contributed by atoms with E-state index < -0.39 is 12.6 Å². The number of halogens is 3. The normalized spacial score (nSPS) is 12.0. The third kappa shape index (κ3) is 10.1. The Morgan fingerprint density at radius 2 is 1.75 bits per heavy atom. The van der Waals surface area contributed by atoms with Gasteiger partial charge in [0.2, 0.25) is 0 Å². The molecular weight excluding hydrogens is 189 g/mol. The molecule has 0 aliphatic heterocycles. The maximum Gasteiger partial charge on any atom is 0.391 e. The molecule has 0 fully saturated rings. The largest absolute Gasteiger partial charge is 0.391 e. The van der Waals surface area contributed by atoms with E-state index in [0.717, 1.165) is 18.6 Å². The Bertz CT molecular complexity index is 105. The molecule has 0 bridgehead atoms. The number of rotatable bonds is 6. The minimum absolute atomic E-state index is 0.226. The molecule has 0 radical (unpaired) electrons. The van der Waals surface area contributed by atoms with Gasteiger partial charge >= 0.3 is 6.18 Å². The van der Waals surface area contributed by atoms with Crippen LogP contribution in [0.1, 0.15) is 19.3 Å². The van der Waals surface area contributed by atoms with Crippen molar-refractivity contribution in [2.24, 2.45) is 0 Å². The molecule has 1 nitrogen and oxygen atoms in total. The van der Waals surface area contributed by atoms with E-state index in [-0.39, 0.29) is 6.61 Å². The van der Waals surface area contributed by atoms with Crippen LogP contribution in [-0.2, 0) is 4.74 Å². The maximum absolute atomic E-state index is 11.5. The standard InChI is InChI=1S/C7H13F3OS/c8-7(9,10)3-5-11-4-1-2-6-12/h12H,1-6H2. The number of hydrogen-bond donors (Lipinski definition) is 1. The second kappa shape index (κ2) is 6.60. The first kappa shape index (κ1) is 12.1. The Hall–Kier alpha value is 0.100. The quantitative estimate of drug-likeness (QED) is 0.514. The summed E-state index contributed by atoms with van der Waals surface area (Å²) in [5.41, 5.74) is 0. The minimum Gasteiger partial charge on any atom is -0.381 e. The third-order valence-electron chi connectivity index (χ3n) is 1.23. The number of alkyl halides is 3. The summed E-state index contributed by atoms with van der Waals surface area (Å²) in [5, 5.41) is 0. The zero-order chi connectivity index (χ0) is 9.45. The molecule has 0 aliphatic rings. The Labute approximate surface area is 75.7 Å². The van der Waals surface area contributed by atoms with Crippen LogP contribution in [0.4, 0.5) is 13.2 Å². The van der Waals surface area contributed by atoms with Gasteiger partial charge < -0.3 is 4.74 Å². The molecular formula is C7H13F3OS. The molecule has 0 saturated heterocycles. The highest BCUT2D eigenvalue weighted by atomic mass is 32.1. The maximum atomic E-state index is 11.5. The van der Waals surface area contributed by atoms with Crippen molar-refractivity contribution in [3.63, 3.8) is 0 Å². The fraction of sp³-hybridized carbons (Fsp3) is 1.00. The molecule has 0 heterocycles. The van der Waals surface area contributed by atoms with Crippen molar-refractivity contribution in [2.75, 3.05) is 19.0 Å². The van der Waals surface area contributed by atoms with Crippen LogP contribution in [-0.4, -0.2) is 25.1 Å². The van der Waals surface area contributed by atoms with Crippen LogP contribution in [0.2, 0.25) is 0 Å². The predicted molar refractivity (Wildman–Crippen MR) is 44.6 cm³/mol. The molecule has 5 heteroatoms. The summed E-state index contributed by atoms with van der Waals surface area (Å²) in [4.78, 5) is 0. The molecule has 0 aromatic heterocycles. The van der Waals surface area contributed by atoms with E-state index in [1.54, 1.807) is 0 Å². The van der Waals surface area contributed by atoms with Crippen LogP contribution in [0.15, 0.2) is 0 Å². The van der Waals surface area contributed by atoms with Crippen LogP contribution in [0.5, 0.6) is 0 Å². The van der Waals surface area contributed by atoms with Crippen molar-refractivity contribution in [1.29, 1.82) is 0 Å². The van der Waals surface area contributed by atoms with Gasteiger partial charge in [-0.05, 0) is 18.6 Å². The first-order valence-electron chi connectivity index (χ1n) is 3.81. The monoisotopic (exact) mass is 202 g/mol. The van der Waals surface area contributed by atoms with E-state index in [2.05, 4.69) is 12.6 Å². The van der Waals surface area contributed by atoms with Crippen LogP contribution < -0.4 is 0 Å². The molecule has 0 spiro atoms. The molecule has 12 heavy (non-hydrogen) atoms. The van der Waals surface area contributed by atoms with Crippen LogP contribution in [0, 0.1) is 0 Å². The van der Waals surface area contributed by atoms with E-state index >= 15 is 0 Å². The summed E-state index contributed by atoms with van der Waals surface area (Å²) in [5.74, 6) is 0.753. The number of ether oxygens (including phenoxy) is 1. The number of thiol groups is 1. The molecule has 0 N–H and O–H groups in total. The van der Waals surface area contributed by atoms with Gasteiger partial charge in [-0.2, -0.15) is 25.8 Å². The zero-order valence-electron chi connectivity index (χ0n) is 6.73. The highest BCUT2D eigenvalue weighted by Crippen LogP contribution is 2.18. The summed E-state index contributed by atoms with van der Waals surface area (Å²) in [6.07, 6.45) is -3.28. The first-order valence-corrected chi connectivity index (χ1v) is 4.45. The lowest BCUT2D eigenvalue weighted by Crippen LogP contribution is -2.11. The average Bonchev–Trinajstić information content (AvgIpc) is 1.94. The van der Waals surface area contributed by atoms with Crippen LogP contribution in [0.25, 0.3) is 0 Å². The van der Waals surface area contributed by atoms with Crippen molar-refractivity contribution in [3.05, 3.63) is 0 Å². The summed E-state index contributed by atoms with van der Waals surface area (Å²) in [6, 6.07) is 0. The van der Waals surface area contributed by atoms with Gasteiger partial charge in [-0.15, -0.1) is 0 Å². The van der Waals surface area contributed by atoms with Gasteiger partial charge in [-0.25, -0.2) is 0 Å².